The van der Waals surface area contributed by atoms with Gasteiger partial charge in [-0.3, -0.25) is 4.79 Å². The summed E-state index contributed by atoms with van der Waals surface area (Å²) in [6.45, 7) is 2.65. The van der Waals surface area contributed by atoms with Crippen LogP contribution in [0.25, 0.3) is 0 Å². The van der Waals surface area contributed by atoms with Crippen LogP contribution in [-0.2, 0) is 14.8 Å². The molecule has 0 spiro atoms. The van der Waals surface area contributed by atoms with E-state index in [9.17, 15) is 17.6 Å². The predicted octanol–water partition coefficient (Wildman–Crippen LogP) is 0.485. The Morgan fingerprint density at radius 3 is 2.65 bits per heavy atom. The maximum atomic E-state index is 13.7. The average Bonchev–Trinajstić information content (AvgIpc) is 2.35. The minimum Gasteiger partial charge on any atom is -0.384 e. The lowest BCUT2D eigenvalue weighted by Crippen LogP contribution is -2.30. The number of sulfonamides is 1. The number of methoxy groups -OCH3 is 1. The van der Waals surface area contributed by atoms with Crippen molar-refractivity contribution in [3.05, 3.63) is 29.6 Å². The minimum absolute atomic E-state index is 0.0794. The topological polar surface area (TPSA) is 98.5 Å². The van der Waals surface area contributed by atoms with E-state index in [1.54, 1.807) is 7.11 Å². The fourth-order valence-corrected chi connectivity index (χ4v) is 2.09. The summed E-state index contributed by atoms with van der Waals surface area (Å²) in [4.78, 5) is 11.4. The van der Waals surface area contributed by atoms with Crippen molar-refractivity contribution in [1.82, 2.24) is 5.32 Å². The van der Waals surface area contributed by atoms with Gasteiger partial charge < -0.3 is 10.1 Å². The van der Waals surface area contributed by atoms with Crippen LogP contribution in [-0.4, -0.2) is 34.6 Å². The standard InChI is InChI=1S/C12H17FN2O4S/c1-8(7-19-2)6-15-12(16)10-4-3-9(5-11(10)13)20(14,17)18/h3-5,8H,6-7H2,1-2H3,(H,15,16)(H2,14,17,18). The van der Waals surface area contributed by atoms with E-state index in [2.05, 4.69) is 5.32 Å². The first-order valence-corrected chi connectivity index (χ1v) is 7.39. The third kappa shape index (κ3) is 4.55. The summed E-state index contributed by atoms with van der Waals surface area (Å²) < 4.78 is 40.7. The van der Waals surface area contributed by atoms with E-state index in [1.807, 2.05) is 6.92 Å². The van der Waals surface area contributed by atoms with Crippen LogP contribution < -0.4 is 10.5 Å². The Kier molecular flexibility index (Phi) is 5.61. The largest absolute Gasteiger partial charge is 0.384 e. The van der Waals surface area contributed by atoms with Crippen LogP contribution in [0.3, 0.4) is 0 Å². The van der Waals surface area contributed by atoms with Gasteiger partial charge in [0.2, 0.25) is 10.0 Å². The van der Waals surface area contributed by atoms with Crippen LogP contribution in [0, 0.1) is 11.7 Å². The smallest absolute Gasteiger partial charge is 0.254 e. The fraction of sp³-hybridized carbons (Fsp3) is 0.417. The highest BCUT2D eigenvalue weighted by Crippen LogP contribution is 2.13. The number of carbonyl (C=O) groups is 1. The maximum absolute atomic E-state index is 13.7. The highest BCUT2D eigenvalue weighted by molar-refractivity contribution is 7.89. The first-order chi connectivity index (χ1) is 9.25. The van der Waals surface area contributed by atoms with Gasteiger partial charge in [-0.1, -0.05) is 6.92 Å². The second kappa shape index (κ2) is 6.78. The second-order valence-electron chi connectivity index (χ2n) is 4.46. The number of nitrogens with two attached hydrogens (primary N) is 1. The number of benzene rings is 1. The molecular formula is C12H17FN2O4S. The third-order valence-corrected chi connectivity index (χ3v) is 3.49. The quantitative estimate of drug-likeness (QED) is 0.799. The maximum Gasteiger partial charge on any atom is 0.254 e. The van der Waals surface area contributed by atoms with Gasteiger partial charge in [-0.05, 0) is 24.1 Å². The Morgan fingerprint density at radius 1 is 1.50 bits per heavy atom. The minimum atomic E-state index is -3.99. The Morgan fingerprint density at radius 2 is 2.15 bits per heavy atom. The lowest BCUT2D eigenvalue weighted by atomic mass is 10.1. The van der Waals surface area contributed by atoms with Crippen molar-refractivity contribution in [2.45, 2.75) is 11.8 Å². The van der Waals surface area contributed by atoms with Crippen LogP contribution in [0.1, 0.15) is 17.3 Å². The normalized spacial score (nSPS) is 13.0. The molecular weight excluding hydrogens is 287 g/mol. The van der Waals surface area contributed by atoms with Crippen molar-refractivity contribution < 1.29 is 22.3 Å². The molecule has 3 N–H and O–H groups in total. The molecule has 0 heterocycles. The van der Waals surface area contributed by atoms with Gasteiger partial charge in [-0.25, -0.2) is 17.9 Å². The zero-order chi connectivity index (χ0) is 15.3. The molecule has 0 saturated heterocycles. The summed E-state index contributed by atoms with van der Waals surface area (Å²) in [7, 11) is -2.44. The van der Waals surface area contributed by atoms with Gasteiger partial charge in [-0.2, -0.15) is 0 Å². The van der Waals surface area contributed by atoms with E-state index < -0.39 is 21.7 Å². The molecule has 1 unspecified atom stereocenters. The summed E-state index contributed by atoms with van der Waals surface area (Å²) >= 11 is 0. The predicted molar refractivity (Wildman–Crippen MR) is 71.1 cm³/mol. The molecule has 1 rings (SSSR count). The summed E-state index contributed by atoms with van der Waals surface area (Å²) in [5, 5.41) is 7.42. The number of nitrogens with one attached hydrogen (secondary N) is 1. The first-order valence-electron chi connectivity index (χ1n) is 5.85. The second-order valence-corrected chi connectivity index (χ2v) is 6.02. The van der Waals surface area contributed by atoms with Gasteiger partial charge in [0.05, 0.1) is 17.1 Å². The lowest BCUT2D eigenvalue weighted by molar-refractivity contribution is 0.0930. The summed E-state index contributed by atoms with van der Waals surface area (Å²) in [6, 6.07) is 2.90. The number of hydrogen-bond donors (Lipinski definition) is 2. The summed E-state index contributed by atoms with van der Waals surface area (Å²) in [5.41, 5.74) is -0.234. The molecule has 0 aliphatic carbocycles. The van der Waals surface area contributed by atoms with E-state index in [0.29, 0.717) is 13.2 Å². The zero-order valence-corrected chi connectivity index (χ0v) is 12.0. The highest BCUT2D eigenvalue weighted by atomic mass is 32.2. The lowest BCUT2D eigenvalue weighted by Gasteiger charge is -2.12. The van der Waals surface area contributed by atoms with Crippen molar-refractivity contribution in [1.29, 1.82) is 0 Å². The average molecular weight is 304 g/mol. The van der Waals surface area contributed by atoms with E-state index >= 15 is 0 Å². The van der Waals surface area contributed by atoms with Gasteiger partial charge in [0.25, 0.3) is 5.91 Å². The number of ether oxygens (including phenoxy) is 1. The molecule has 0 fully saturated rings. The van der Waals surface area contributed by atoms with Crippen LogP contribution in [0.5, 0.6) is 0 Å². The molecule has 0 bridgehead atoms. The molecule has 1 atom stereocenters. The van der Waals surface area contributed by atoms with E-state index in [1.165, 1.54) is 0 Å². The van der Waals surface area contributed by atoms with Gasteiger partial charge in [0, 0.05) is 13.7 Å². The number of hydrogen-bond acceptors (Lipinski definition) is 4. The molecule has 20 heavy (non-hydrogen) atoms. The van der Waals surface area contributed by atoms with Crippen molar-refractivity contribution >= 4 is 15.9 Å². The van der Waals surface area contributed by atoms with Crippen LogP contribution in [0.4, 0.5) is 4.39 Å². The van der Waals surface area contributed by atoms with E-state index in [-0.39, 0.29) is 16.4 Å². The Labute approximate surface area is 117 Å². The number of amides is 1. The zero-order valence-electron chi connectivity index (χ0n) is 11.2. The van der Waals surface area contributed by atoms with Crippen molar-refractivity contribution in [3.8, 4) is 0 Å². The molecule has 0 aromatic heterocycles. The Balaban J connectivity index is 2.80. The van der Waals surface area contributed by atoms with Crippen LogP contribution in [0.2, 0.25) is 0 Å². The van der Waals surface area contributed by atoms with Gasteiger partial charge in [0.1, 0.15) is 5.82 Å². The number of rotatable bonds is 6. The van der Waals surface area contributed by atoms with Crippen molar-refractivity contribution in [2.24, 2.45) is 11.1 Å². The molecule has 112 valence electrons. The molecule has 1 aromatic carbocycles. The number of carbonyl (C=O) groups excluding carboxylic acids is 1. The number of halogens is 1. The third-order valence-electron chi connectivity index (χ3n) is 2.58. The van der Waals surface area contributed by atoms with Crippen LogP contribution in [0.15, 0.2) is 23.1 Å². The van der Waals surface area contributed by atoms with Crippen molar-refractivity contribution in [3.63, 3.8) is 0 Å². The fourth-order valence-electron chi connectivity index (χ4n) is 1.56. The molecule has 0 saturated carbocycles. The summed E-state index contributed by atoms with van der Waals surface area (Å²) in [5.74, 6) is -1.48. The molecule has 8 heteroatoms. The molecule has 1 amide bonds. The van der Waals surface area contributed by atoms with Crippen molar-refractivity contribution in [2.75, 3.05) is 20.3 Å². The van der Waals surface area contributed by atoms with E-state index in [0.717, 1.165) is 18.2 Å². The molecule has 0 radical (unpaired) electrons. The molecule has 1 aromatic rings. The SMILES string of the molecule is COCC(C)CNC(=O)c1ccc(S(N)(=O)=O)cc1F. The summed E-state index contributed by atoms with van der Waals surface area (Å²) in [6.07, 6.45) is 0. The first kappa shape index (κ1) is 16.5. The molecule has 0 aliphatic heterocycles. The van der Waals surface area contributed by atoms with Gasteiger partial charge in [0.15, 0.2) is 0 Å². The number of primary sulfonamides is 1. The highest BCUT2D eigenvalue weighted by Gasteiger charge is 2.16. The van der Waals surface area contributed by atoms with Crippen LogP contribution >= 0.6 is 0 Å². The Hall–Kier alpha value is -1.51. The molecule has 6 nitrogen and oxygen atoms in total. The van der Waals surface area contributed by atoms with Gasteiger partial charge in [-0.15, -0.1) is 0 Å². The molecule has 0 aliphatic rings. The Bertz CT molecular complexity index is 589. The monoisotopic (exact) mass is 304 g/mol. The van der Waals surface area contributed by atoms with E-state index in [4.69, 9.17) is 9.88 Å². The van der Waals surface area contributed by atoms with Gasteiger partial charge >= 0.3 is 0 Å².